The second-order valence-corrected chi connectivity index (χ2v) is 9.00. The first-order valence-corrected chi connectivity index (χ1v) is 11.6. The molecule has 2 aromatic carbocycles. The van der Waals surface area contributed by atoms with Gasteiger partial charge in [-0.2, -0.15) is 5.10 Å². The number of benzene rings is 2. The van der Waals surface area contributed by atoms with E-state index >= 15 is 0 Å². The SMILES string of the molecule is COc1ccc(C2CC(c3ccccc3)=NN2C(=O)CSC(=S)N2CCCC2)cc1. The van der Waals surface area contributed by atoms with Crippen LogP contribution in [-0.4, -0.2) is 51.8 Å². The van der Waals surface area contributed by atoms with Crippen LogP contribution in [0.4, 0.5) is 0 Å². The fraction of sp³-hybridized carbons (Fsp3) is 0.348. The summed E-state index contributed by atoms with van der Waals surface area (Å²) in [6.45, 7) is 1.99. The highest BCUT2D eigenvalue weighted by Gasteiger charge is 2.33. The Hall–Kier alpha value is -2.38. The minimum atomic E-state index is -0.125. The number of thiocarbonyl (C=S) groups is 1. The molecule has 2 aromatic rings. The van der Waals surface area contributed by atoms with E-state index in [0.717, 1.165) is 40.0 Å². The summed E-state index contributed by atoms with van der Waals surface area (Å²) in [7, 11) is 1.65. The molecule has 2 heterocycles. The smallest absolute Gasteiger partial charge is 0.253 e. The predicted octanol–water partition coefficient (Wildman–Crippen LogP) is 4.49. The highest BCUT2D eigenvalue weighted by Crippen LogP contribution is 2.34. The van der Waals surface area contributed by atoms with Crippen molar-refractivity contribution in [2.75, 3.05) is 26.0 Å². The van der Waals surface area contributed by atoms with Crippen molar-refractivity contribution in [2.24, 2.45) is 5.10 Å². The number of hydrazone groups is 1. The molecule has 0 aromatic heterocycles. The topological polar surface area (TPSA) is 45.1 Å². The number of carbonyl (C=O) groups excluding carboxylic acids is 1. The van der Waals surface area contributed by atoms with E-state index in [0.29, 0.717) is 12.2 Å². The number of ether oxygens (including phenoxy) is 1. The molecule has 0 aliphatic carbocycles. The maximum atomic E-state index is 13.1. The summed E-state index contributed by atoms with van der Waals surface area (Å²) in [4.78, 5) is 15.3. The van der Waals surface area contributed by atoms with Crippen molar-refractivity contribution in [2.45, 2.75) is 25.3 Å². The molecule has 0 N–H and O–H groups in total. The van der Waals surface area contributed by atoms with Crippen molar-refractivity contribution in [1.82, 2.24) is 9.91 Å². The fourth-order valence-corrected chi connectivity index (χ4v) is 4.92. The summed E-state index contributed by atoms with van der Waals surface area (Å²) >= 11 is 6.97. The van der Waals surface area contributed by atoms with Crippen LogP contribution in [0.1, 0.15) is 36.4 Å². The third kappa shape index (κ3) is 4.68. The molecule has 156 valence electrons. The fourth-order valence-electron chi connectivity index (χ4n) is 3.81. The van der Waals surface area contributed by atoms with Gasteiger partial charge in [0.15, 0.2) is 0 Å². The van der Waals surface area contributed by atoms with Crippen molar-refractivity contribution >= 4 is 39.9 Å². The standard InChI is InChI=1S/C23H25N3O2S2/c1-28-19-11-9-18(10-12-19)21-15-20(17-7-3-2-4-8-17)24-26(21)22(27)16-30-23(29)25-13-5-6-14-25/h2-4,7-12,21H,5-6,13-16H2,1H3. The Morgan fingerprint density at radius 2 is 1.83 bits per heavy atom. The van der Waals surface area contributed by atoms with E-state index in [2.05, 4.69) is 4.90 Å². The van der Waals surface area contributed by atoms with Crippen LogP contribution in [0.5, 0.6) is 5.75 Å². The Morgan fingerprint density at radius 1 is 1.13 bits per heavy atom. The average molecular weight is 440 g/mol. The number of carbonyl (C=O) groups is 1. The normalized spacial score (nSPS) is 18.4. The molecule has 0 bridgehead atoms. The molecule has 1 atom stereocenters. The largest absolute Gasteiger partial charge is 0.497 e. The van der Waals surface area contributed by atoms with Crippen molar-refractivity contribution in [1.29, 1.82) is 0 Å². The quantitative estimate of drug-likeness (QED) is 0.643. The van der Waals surface area contributed by atoms with Gasteiger partial charge in [0.05, 0.1) is 24.6 Å². The molecular weight excluding hydrogens is 414 g/mol. The minimum absolute atomic E-state index is 0.0201. The number of nitrogens with zero attached hydrogens (tertiary/aromatic N) is 3. The first kappa shape index (κ1) is 20.9. The molecule has 1 unspecified atom stereocenters. The van der Waals surface area contributed by atoms with Gasteiger partial charge in [-0.3, -0.25) is 4.79 Å². The highest BCUT2D eigenvalue weighted by atomic mass is 32.2. The maximum Gasteiger partial charge on any atom is 0.253 e. The van der Waals surface area contributed by atoms with Crippen LogP contribution < -0.4 is 4.74 Å². The minimum Gasteiger partial charge on any atom is -0.497 e. The summed E-state index contributed by atoms with van der Waals surface area (Å²) in [5.41, 5.74) is 3.02. The predicted molar refractivity (Wildman–Crippen MR) is 126 cm³/mol. The molecule has 2 aliphatic heterocycles. The van der Waals surface area contributed by atoms with E-state index in [4.69, 9.17) is 22.1 Å². The van der Waals surface area contributed by atoms with Gasteiger partial charge in [-0.25, -0.2) is 5.01 Å². The second kappa shape index (κ2) is 9.62. The number of methoxy groups -OCH3 is 1. The van der Waals surface area contributed by atoms with E-state index < -0.39 is 0 Å². The highest BCUT2D eigenvalue weighted by molar-refractivity contribution is 8.23. The molecule has 5 nitrogen and oxygen atoms in total. The molecule has 1 fully saturated rings. The Kier molecular flexibility index (Phi) is 6.69. The van der Waals surface area contributed by atoms with E-state index in [1.807, 2.05) is 54.6 Å². The lowest BCUT2D eigenvalue weighted by Gasteiger charge is -2.23. The molecule has 1 amide bonds. The van der Waals surface area contributed by atoms with Crippen LogP contribution in [0, 0.1) is 0 Å². The van der Waals surface area contributed by atoms with Gasteiger partial charge in [0.1, 0.15) is 10.1 Å². The zero-order valence-corrected chi connectivity index (χ0v) is 18.6. The lowest BCUT2D eigenvalue weighted by atomic mass is 9.98. The lowest BCUT2D eigenvalue weighted by Crippen LogP contribution is -2.30. The van der Waals surface area contributed by atoms with Gasteiger partial charge in [0.2, 0.25) is 0 Å². The molecule has 0 radical (unpaired) electrons. The lowest BCUT2D eigenvalue weighted by molar-refractivity contribution is -0.130. The molecule has 7 heteroatoms. The van der Waals surface area contributed by atoms with E-state index in [-0.39, 0.29) is 11.9 Å². The number of likely N-dealkylation sites (tertiary alicyclic amines) is 1. The van der Waals surface area contributed by atoms with Crippen LogP contribution in [0.15, 0.2) is 59.7 Å². The van der Waals surface area contributed by atoms with Gasteiger partial charge < -0.3 is 9.64 Å². The van der Waals surface area contributed by atoms with Crippen molar-refractivity contribution in [3.05, 3.63) is 65.7 Å². The van der Waals surface area contributed by atoms with Crippen molar-refractivity contribution < 1.29 is 9.53 Å². The van der Waals surface area contributed by atoms with Crippen LogP contribution in [0.3, 0.4) is 0 Å². The second-order valence-electron chi connectivity index (χ2n) is 7.39. The molecular formula is C23H25N3O2S2. The molecule has 1 saturated heterocycles. The summed E-state index contributed by atoms with van der Waals surface area (Å²) < 4.78 is 6.09. The van der Waals surface area contributed by atoms with E-state index in [1.54, 1.807) is 12.1 Å². The van der Waals surface area contributed by atoms with Crippen LogP contribution >= 0.6 is 24.0 Å². The Labute approximate surface area is 187 Å². The van der Waals surface area contributed by atoms with Gasteiger partial charge in [0, 0.05) is 19.5 Å². The summed E-state index contributed by atoms with van der Waals surface area (Å²) in [5.74, 6) is 1.08. The molecule has 30 heavy (non-hydrogen) atoms. The molecule has 0 spiro atoms. The van der Waals surface area contributed by atoms with Gasteiger partial charge in [-0.1, -0.05) is 66.4 Å². The molecule has 2 aliphatic rings. The molecule has 4 rings (SSSR count). The van der Waals surface area contributed by atoms with E-state index in [1.165, 1.54) is 24.6 Å². The zero-order valence-electron chi connectivity index (χ0n) is 17.0. The van der Waals surface area contributed by atoms with Crippen LogP contribution in [-0.2, 0) is 4.79 Å². The monoisotopic (exact) mass is 439 g/mol. The maximum absolute atomic E-state index is 13.1. The first-order chi connectivity index (χ1) is 14.7. The summed E-state index contributed by atoms with van der Waals surface area (Å²) in [6.07, 6.45) is 3.03. The average Bonchev–Trinajstić information content (AvgIpc) is 3.48. The van der Waals surface area contributed by atoms with Gasteiger partial charge in [-0.05, 0) is 36.1 Å². The molecule has 0 saturated carbocycles. The number of thioether (sulfide) groups is 1. The Balaban J connectivity index is 1.52. The van der Waals surface area contributed by atoms with Crippen molar-refractivity contribution in [3.8, 4) is 5.75 Å². The summed E-state index contributed by atoms with van der Waals surface area (Å²) in [5, 5.41) is 6.38. The number of hydrogen-bond donors (Lipinski definition) is 0. The van der Waals surface area contributed by atoms with E-state index in [9.17, 15) is 4.79 Å². The number of amides is 1. The summed E-state index contributed by atoms with van der Waals surface area (Å²) in [6, 6.07) is 17.8. The van der Waals surface area contributed by atoms with Gasteiger partial charge >= 0.3 is 0 Å². The third-order valence-corrected chi connectivity index (χ3v) is 6.97. The first-order valence-electron chi connectivity index (χ1n) is 10.2. The van der Waals surface area contributed by atoms with Crippen LogP contribution in [0.25, 0.3) is 0 Å². The number of hydrogen-bond acceptors (Lipinski definition) is 5. The van der Waals surface area contributed by atoms with Crippen LogP contribution in [0.2, 0.25) is 0 Å². The zero-order chi connectivity index (χ0) is 20.9. The Morgan fingerprint density at radius 3 is 2.50 bits per heavy atom. The number of rotatable bonds is 5. The van der Waals surface area contributed by atoms with Gasteiger partial charge in [-0.15, -0.1) is 0 Å². The van der Waals surface area contributed by atoms with Crippen molar-refractivity contribution in [3.63, 3.8) is 0 Å². The Bertz CT molecular complexity index is 925. The van der Waals surface area contributed by atoms with Gasteiger partial charge in [0.25, 0.3) is 5.91 Å². The third-order valence-electron chi connectivity index (χ3n) is 5.46.